The molecule has 1 atom stereocenters. The first-order valence-corrected chi connectivity index (χ1v) is 9.00. The largest absolute Gasteiger partial charge is 0.383 e. The molecule has 2 aromatic rings. The third-order valence-electron chi connectivity index (χ3n) is 3.71. The minimum atomic E-state index is -0.0200. The van der Waals surface area contributed by atoms with Gasteiger partial charge >= 0.3 is 0 Å². The van der Waals surface area contributed by atoms with Crippen LogP contribution in [0.4, 0.5) is 0 Å². The highest BCUT2D eigenvalue weighted by Gasteiger charge is 2.12. The molecule has 0 aliphatic carbocycles. The van der Waals surface area contributed by atoms with Gasteiger partial charge in [-0.15, -0.1) is 10.2 Å². The highest BCUT2D eigenvalue weighted by atomic mass is 32.2. The Kier molecular flexibility index (Phi) is 7.27. The number of aryl methyl sites for hydroxylation is 1. The highest BCUT2D eigenvalue weighted by Crippen LogP contribution is 2.17. The van der Waals surface area contributed by atoms with Gasteiger partial charge in [-0.25, -0.2) is 0 Å². The van der Waals surface area contributed by atoms with Crippen LogP contribution in [-0.4, -0.2) is 40.1 Å². The van der Waals surface area contributed by atoms with Crippen LogP contribution in [-0.2, 0) is 22.5 Å². The van der Waals surface area contributed by atoms with E-state index in [2.05, 4.69) is 46.7 Å². The minimum absolute atomic E-state index is 0.0182. The summed E-state index contributed by atoms with van der Waals surface area (Å²) in [7, 11) is 1.65. The van der Waals surface area contributed by atoms with Crippen molar-refractivity contribution in [1.29, 1.82) is 0 Å². The van der Waals surface area contributed by atoms with E-state index in [1.807, 2.05) is 11.5 Å². The van der Waals surface area contributed by atoms with Gasteiger partial charge in [0.25, 0.3) is 0 Å². The van der Waals surface area contributed by atoms with Gasteiger partial charge in [-0.2, -0.15) is 0 Å². The normalized spacial score (nSPS) is 12.1. The number of hydrogen-bond donors (Lipinski definition) is 1. The molecule has 1 heterocycles. The number of carbonyl (C=O) groups is 1. The van der Waals surface area contributed by atoms with Gasteiger partial charge in [-0.3, -0.25) is 4.79 Å². The molecule has 1 amide bonds. The first kappa shape index (κ1) is 18.5. The molecule has 0 saturated carbocycles. The molecular weight excluding hydrogens is 324 g/mol. The molecule has 0 spiro atoms. The summed E-state index contributed by atoms with van der Waals surface area (Å²) < 4.78 is 6.93. The number of amides is 1. The lowest BCUT2D eigenvalue weighted by Crippen LogP contribution is -2.28. The van der Waals surface area contributed by atoms with E-state index in [4.69, 9.17) is 4.74 Å². The molecule has 0 fully saturated rings. The number of hydrogen-bond acceptors (Lipinski definition) is 5. The molecule has 1 aromatic carbocycles. The lowest BCUT2D eigenvalue weighted by Gasteiger charge is -2.14. The molecule has 6 nitrogen and oxygen atoms in total. The van der Waals surface area contributed by atoms with E-state index >= 15 is 0 Å². The molecule has 130 valence electrons. The smallest absolute Gasteiger partial charge is 0.230 e. The van der Waals surface area contributed by atoms with Crippen LogP contribution in [0.15, 0.2) is 35.7 Å². The number of benzene rings is 1. The third kappa shape index (κ3) is 5.35. The van der Waals surface area contributed by atoms with Crippen molar-refractivity contribution in [2.75, 3.05) is 19.5 Å². The summed E-state index contributed by atoms with van der Waals surface area (Å²) in [6.45, 7) is 5.38. The summed E-state index contributed by atoms with van der Waals surface area (Å²) in [4.78, 5) is 12.2. The van der Waals surface area contributed by atoms with Crippen LogP contribution in [0.2, 0.25) is 0 Å². The Hall–Kier alpha value is -1.86. The van der Waals surface area contributed by atoms with Crippen molar-refractivity contribution in [3.63, 3.8) is 0 Å². The van der Waals surface area contributed by atoms with E-state index in [1.54, 1.807) is 13.4 Å². The van der Waals surface area contributed by atoms with Gasteiger partial charge in [0.1, 0.15) is 6.33 Å². The number of thioether (sulfide) groups is 1. The van der Waals surface area contributed by atoms with E-state index in [9.17, 15) is 4.79 Å². The van der Waals surface area contributed by atoms with E-state index in [1.165, 1.54) is 17.3 Å². The molecule has 24 heavy (non-hydrogen) atoms. The lowest BCUT2D eigenvalue weighted by molar-refractivity contribution is -0.119. The van der Waals surface area contributed by atoms with Crippen LogP contribution in [0.3, 0.4) is 0 Å². The Morgan fingerprint density at radius 1 is 1.38 bits per heavy atom. The van der Waals surface area contributed by atoms with Crippen LogP contribution < -0.4 is 5.32 Å². The van der Waals surface area contributed by atoms with Crippen molar-refractivity contribution in [2.24, 2.45) is 0 Å². The summed E-state index contributed by atoms with van der Waals surface area (Å²) in [5.41, 5.74) is 2.40. The van der Waals surface area contributed by atoms with Gasteiger partial charge in [-0.05, 0) is 24.5 Å². The summed E-state index contributed by atoms with van der Waals surface area (Å²) in [6.07, 6.45) is 2.67. The maximum absolute atomic E-state index is 12.2. The van der Waals surface area contributed by atoms with Gasteiger partial charge in [0.05, 0.1) is 18.4 Å². The standard InChI is InChI=1S/C17H24N4O2S/c1-4-14-5-7-15(8-6-14)13(2)19-16(22)11-24-17-20-18-12-21(17)9-10-23-3/h5-8,12-13H,4,9-11H2,1-3H3,(H,19,22)/t13-/m0/s1. The van der Waals surface area contributed by atoms with Gasteiger partial charge in [0.2, 0.25) is 5.91 Å². The molecule has 2 rings (SSSR count). The topological polar surface area (TPSA) is 69.0 Å². The predicted octanol–water partition coefficient (Wildman–Crippen LogP) is 2.46. The number of nitrogens with one attached hydrogen (secondary N) is 1. The maximum atomic E-state index is 12.2. The van der Waals surface area contributed by atoms with Gasteiger partial charge < -0.3 is 14.6 Å². The van der Waals surface area contributed by atoms with Gasteiger partial charge in [-0.1, -0.05) is 43.0 Å². The fourth-order valence-electron chi connectivity index (χ4n) is 2.24. The third-order valence-corrected chi connectivity index (χ3v) is 4.70. The first-order chi connectivity index (χ1) is 11.6. The fraction of sp³-hybridized carbons (Fsp3) is 0.471. The Labute approximate surface area is 147 Å². The second-order valence-corrected chi connectivity index (χ2v) is 6.42. The van der Waals surface area contributed by atoms with Crippen molar-refractivity contribution < 1.29 is 9.53 Å². The van der Waals surface area contributed by atoms with Crippen molar-refractivity contribution in [1.82, 2.24) is 20.1 Å². The van der Waals surface area contributed by atoms with Crippen LogP contribution in [0, 0.1) is 0 Å². The molecule has 0 radical (unpaired) electrons. The summed E-state index contributed by atoms with van der Waals surface area (Å²) in [5, 5.41) is 11.7. The minimum Gasteiger partial charge on any atom is -0.383 e. The van der Waals surface area contributed by atoms with E-state index in [-0.39, 0.29) is 11.9 Å². The number of methoxy groups -OCH3 is 1. The Balaban J connectivity index is 1.83. The zero-order valence-electron chi connectivity index (χ0n) is 14.4. The highest BCUT2D eigenvalue weighted by molar-refractivity contribution is 7.99. The Bertz CT molecular complexity index is 642. The Morgan fingerprint density at radius 3 is 2.79 bits per heavy atom. The van der Waals surface area contributed by atoms with E-state index in [0.29, 0.717) is 18.9 Å². The SMILES string of the molecule is CCc1ccc([C@H](C)NC(=O)CSc2nncn2CCOC)cc1. The molecule has 1 N–H and O–H groups in total. The van der Waals surface area contributed by atoms with Gasteiger partial charge in [0, 0.05) is 13.7 Å². The molecule has 0 aliphatic heterocycles. The zero-order valence-corrected chi connectivity index (χ0v) is 15.2. The average molecular weight is 348 g/mol. The maximum Gasteiger partial charge on any atom is 0.230 e. The number of aromatic nitrogens is 3. The molecule has 0 saturated heterocycles. The fourth-order valence-corrected chi connectivity index (χ4v) is 2.99. The zero-order chi connectivity index (χ0) is 17.4. The molecule has 0 aliphatic rings. The quantitative estimate of drug-likeness (QED) is 0.705. The van der Waals surface area contributed by atoms with Gasteiger partial charge in [0.15, 0.2) is 5.16 Å². The average Bonchev–Trinajstić information content (AvgIpc) is 3.05. The van der Waals surface area contributed by atoms with Crippen LogP contribution >= 0.6 is 11.8 Å². The monoisotopic (exact) mass is 348 g/mol. The van der Waals surface area contributed by atoms with E-state index < -0.39 is 0 Å². The molecule has 1 aromatic heterocycles. The van der Waals surface area contributed by atoms with Crippen LogP contribution in [0.1, 0.15) is 31.0 Å². The molecular formula is C17H24N4O2S. The van der Waals surface area contributed by atoms with Crippen molar-refractivity contribution in [3.05, 3.63) is 41.7 Å². The first-order valence-electron chi connectivity index (χ1n) is 8.01. The van der Waals surface area contributed by atoms with E-state index in [0.717, 1.165) is 17.1 Å². The number of nitrogens with zero attached hydrogens (tertiary/aromatic N) is 3. The van der Waals surface area contributed by atoms with Crippen molar-refractivity contribution in [2.45, 2.75) is 38.0 Å². The van der Waals surface area contributed by atoms with Crippen LogP contribution in [0.25, 0.3) is 0 Å². The van der Waals surface area contributed by atoms with Crippen molar-refractivity contribution >= 4 is 17.7 Å². The number of rotatable bonds is 9. The summed E-state index contributed by atoms with van der Waals surface area (Å²) >= 11 is 1.38. The lowest BCUT2D eigenvalue weighted by atomic mass is 10.1. The van der Waals surface area contributed by atoms with Crippen molar-refractivity contribution in [3.8, 4) is 0 Å². The molecule has 0 bridgehead atoms. The summed E-state index contributed by atoms with van der Waals surface area (Å²) in [5.74, 6) is 0.289. The molecule has 0 unspecified atom stereocenters. The summed E-state index contributed by atoms with van der Waals surface area (Å²) in [6, 6.07) is 8.32. The second-order valence-electron chi connectivity index (χ2n) is 5.47. The molecule has 7 heteroatoms. The Morgan fingerprint density at radius 2 is 2.12 bits per heavy atom. The number of ether oxygens (including phenoxy) is 1. The second kappa shape index (κ2) is 9.44. The van der Waals surface area contributed by atoms with Crippen LogP contribution in [0.5, 0.6) is 0 Å². The number of carbonyl (C=O) groups excluding carboxylic acids is 1. The predicted molar refractivity (Wildman–Crippen MR) is 95.0 cm³/mol.